The van der Waals surface area contributed by atoms with Gasteiger partial charge in [-0.25, -0.2) is 33.4 Å². The van der Waals surface area contributed by atoms with Crippen LogP contribution in [-0.4, -0.2) is 89.4 Å². The van der Waals surface area contributed by atoms with Gasteiger partial charge in [-0.1, -0.05) is 41.8 Å². The Morgan fingerprint density at radius 1 is 1.10 bits per heavy atom. The van der Waals surface area contributed by atoms with Crippen LogP contribution in [0.25, 0.3) is 22.3 Å². The molecule has 0 saturated carbocycles. The van der Waals surface area contributed by atoms with Crippen molar-refractivity contribution in [1.29, 1.82) is 0 Å². The summed E-state index contributed by atoms with van der Waals surface area (Å²) >= 11 is 5.57. The number of aliphatic hydroxyl groups is 1. The van der Waals surface area contributed by atoms with Crippen molar-refractivity contribution in [3.63, 3.8) is 0 Å². The van der Waals surface area contributed by atoms with Gasteiger partial charge in [0.05, 0.1) is 29.6 Å². The minimum atomic E-state index is -4.92. The van der Waals surface area contributed by atoms with Crippen LogP contribution in [0.3, 0.4) is 0 Å². The number of alkyl halides is 1. The van der Waals surface area contributed by atoms with Gasteiger partial charge in [-0.15, -0.1) is 0 Å². The number of aromatic amines is 2. The van der Waals surface area contributed by atoms with E-state index in [1.54, 1.807) is 0 Å². The zero-order valence-electron chi connectivity index (χ0n) is 24.3. The lowest BCUT2D eigenvalue weighted by atomic mass is 10.0. The summed E-state index contributed by atoms with van der Waals surface area (Å²) in [6.07, 6.45) is -2.90. The zero-order chi connectivity index (χ0) is 34.7. The lowest BCUT2D eigenvalue weighted by Crippen LogP contribution is -2.26. The number of hydrogen-bond acceptors (Lipinski definition) is 16. The highest BCUT2D eigenvalue weighted by Gasteiger charge is 2.45. The number of nitrogen functional groups attached to an aromatic ring is 2. The van der Waals surface area contributed by atoms with Crippen LogP contribution in [-0.2, 0) is 32.2 Å². The molecule has 0 radical (unpaired) electrons. The number of anilines is 2. The Morgan fingerprint density at radius 2 is 1.83 bits per heavy atom. The summed E-state index contributed by atoms with van der Waals surface area (Å²) < 4.78 is 53.8. The molecule has 2 fully saturated rings. The molecule has 4 unspecified atom stereocenters. The number of hydrogen-bond donors (Lipinski definition) is 8. The summed E-state index contributed by atoms with van der Waals surface area (Å²) in [6, 6.07) is 0. The van der Waals surface area contributed by atoms with Crippen LogP contribution in [0.5, 0.6) is 0 Å². The molecule has 4 aromatic heterocycles. The number of nitrogens with one attached hydrogen (secondary N) is 2. The molecule has 26 heteroatoms. The number of ether oxygens (including phenoxy) is 2. The van der Waals surface area contributed by atoms with E-state index in [1.807, 2.05) is 6.92 Å². The molecule has 260 valence electrons. The molecule has 9 N–H and O–H groups in total. The van der Waals surface area contributed by atoms with Gasteiger partial charge in [0.15, 0.2) is 28.9 Å². The van der Waals surface area contributed by atoms with E-state index >= 15 is 0 Å². The number of fused-ring (bicyclic) bond motifs is 2. The number of nitrogens with two attached hydrogens (primary N) is 2. The molecule has 4 aromatic rings. The van der Waals surface area contributed by atoms with E-state index in [4.69, 9.17) is 34.5 Å². The summed E-state index contributed by atoms with van der Waals surface area (Å²) in [7, 11) is -4.92. The van der Waals surface area contributed by atoms with Crippen molar-refractivity contribution in [2.24, 2.45) is 5.92 Å². The largest absolute Gasteiger partial charge is 0.526 e. The smallest absolute Gasteiger partial charge is 0.412 e. The van der Waals surface area contributed by atoms with Crippen molar-refractivity contribution < 1.29 is 47.1 Å². The molecular formula is C22H27IN10O12P2S. The fourth-order valence-electron chi connectivity index (χ4n) is 5.20. The summed E-state index contributed by atoms with van der Waals surface area (Å²) in [6.45, 7) is -3.59. The molecule has 9 atom stereocenters. The van der Waals surface area contributed by atoms with Crippen LogP contribution in [0.1, 0.15) is 19.4 Å². The molecule has 0 aromatic carbocycles. The van der Waals surface area contributed by atoms with Gasteiger partial charge < -0.3 is 40.4 Å². The summed E-state index contributed by atoms with van der Waals surface area (Å²) in [5, 5.41) is 11.0. The third-order valence-electron chi connectivity index (χ3n) is 7.58. The number of imidazole rings is 2. The van der Waals surface area contributed by atoms with Crippen LogP contribution in [0.15, 0.2) is 34.1 Å². The van der Waals surface area contributed by atoms with E-state index < -0.39 is 69.9 Å². The predicted molar refractivity (Wildman–Crippen MR) is 176 cm³/mol. The lowest BCUT2D eigenvalue weighted by Gasteiger charge is -2.18. The van der Waals surface area contributed by atoms with Gasteiger partial charge in [-0.05, 0) is 0 Å². The molecule has 2 saturated heterocycles. The first-order valence-corrected chi connectivity index (χ1v) is 19.1. The van der Waals surface area contributed by atoms with Gasteiger partial charge in [0.25, 0.3) is 5.56 Å². The van der Waals surface area contributed by atoms with Crippen LogP contribution in [0, 0.1) is 5.92 Å². The number of nitrogens with zero attached hydrogens (tertiary/aromatic N) is 6. The second-order valence-electron chi connectivity index (χ2n) is 10.6. The minimum Gasteiger partial charge on any atom is -0.412 e. The molecule has 0 spiro atoms. The van der Waals surface area contributed by atoms with Crippen molar-refractivity contribution in [2.75, 3.05) is 24.7 Å². The standard InChI is InChI=1S/C22H27IN10O12P2S/c1-7-9(44-20(11(7)23)32-6-28-13-17(32)30-21(25)31-18(13)35)3-42-46(37,38)41-2-8-14(34)10(4-43-47(39,40)48)45-19(8)33-16-12(29-22(33)36)15(24)26-5-27-16/h2,5-7,9-11,14,19-20,34H,3-4H2,1H3,(H,29,36)(H,37,38)(H2,24,26,27)(H2,39,40,48)(H3,25,30,31,35)/b8-2-/t7?,9-,10-,11+,14?,19-,20-/m1/s1. The second kappa shape index (κ2) is 13.1. The third-order valence-corrected chi connectivity index (χ3v) is 11.0. The number of rotatable bonds is 10. The number of phosphoric acid groups is 1. The Hall–Kier alpha value is -2.90. The molecule has 0 amide bonds. The molecule has 48 heavy (non-hydrogen) atoms. The summed E-state index contributed by atoms with van der Waals surface area (Å²) in [4.78, 5) is 66.1. The van der Waals surface area contributed by atoms with E-state index in [9.17, 15) is 33.6 Å². The Labute approximate surface area is 286 Å². The fourth-order valence-corrected chi connectivity index (χ4v) is 7.37. The molecule has 0 bridgehead atoms. The van der Waals surface area contributed by atoms with Gasteiger partial charge in [-0.3, -0.25) is 28.3 Å². The molecule has 6 rings (SSSR count). The Morgan fingerprint density at radius 3 is 2.56 bits per heavy atom. The van der Waals surface area contributed by atoms with E-state index in [1.165, 1.54) is 10.9 Å². The van der Waals surface area contributed by atoms with Gasteiger partial charge in [0.2, 0.25) is 5.95 Å². The van der Waals surface area contributed by atoms with E-state index in [0.717, 1.165) is 10.9 Å². The molecular weight excluding hydrogens is 817 g/mol. The topological polar surface area (TPSA) is 320 Å². The van der Waals surface area contributed by atoms with Crippen LogP contribution in [0.4, 0.5) is 11.8 Å². The maximum atomic E-state index is 13.0. The van der Waals surface area contributed by atoms with Crippen molar-refractivity contribution >= 4 is 83.6 Å². The zero-order valence-corrected chi connectivity index (χ0v) is 29.1. The Bertz CT molecular complexity index is 2120. The molecule has 0 aliphatic carbocycles. The predicted octanol–water partition coefficient (Wildman–Crippen LogP) is 0.0769. The monoisotopic (exact) mass is 844 g/mol. The molecule has 2 aliphatic heterocycles. The SMILES string of the molecule is CC1[C@@H](COP(=O)(O)O/C=C2/C(O)[C@@H](COP(=O)(O)S)O[C@H]2n2c(=O)[nH]c3c(N)ncnc32)O[C@@H](n2cnc3c(=O)[nH]c(N)nc32)[C@H]1I. The van der Waals surface area contributed by atoms with Gasteiger partial charge >= 0.3 is 20.3 Å². The quantitative estimate of drug-likeness (QED) is 0.0344. The fraction of sp³-hybridized carbons (Fsp3) is 0.455. The Kier molecular flexibility index (Phi) is 9.53. The maximum absolute atomic E-state index is 13.0. The van der Waals surface area contributed by atoms with Crippen molar-refractivity contribution in [3.05, 3.63) is 45.3 Å². The highest BCUT2D eigenvalue weighted by atomic mass is 127. The number of phosphoric ester groups is 1. The van der Waals surface area contributed by atoms with E-state index in [2.05, 4.69) is 64.7 Å². The van der Waals surface area contributed by atoms with Crippen molar-refractivity contribution in [2.45, 2.75) is 41.6 Å². The number of H-pyrrole nitrogens is 2. The van der Waals surface area contributed by atoms with Crippen LogP contribution < -0.4 is 22.7 Å². The third kappa shape index (κ3) is 6.79. The Balaban J connectivity index is 1.21. The average Bonchev–Trinajstić information content (AvgIpc) is 3.73. The number of halogens is 1. The van der Waals surface area contributed by atoms with Gasteiger partial charge in [0, 0.05) is 11.5 Å². The van der Waals surface area contributed by atoms with Gasteiger partial charge in [-0.2, -0.15) is 4.98 Å². The van der Waals surface area contributed by atoms with E-state index in [0.29, 0.717) is 6.26 Å². The van der Waals surface area contributed by atoms with Crippen LogP contribution in [0.2, 0.25) is 0 Å². The minimum absolute atomic E-state index is 0.0410. The van der Waals surface area contributed by atoms with Crippen LogP contribution >= 0.6 is 49.5 Å². The van der Waals surface area contributed by atoms with Crippen molar-refractivity contribution in [3.8, 4) is 0 Å². The molecule has 2 aliphatic rings. The lowest BCUT2D eigenvalue weighted by molar-refractivity contribution is -0.0387. The highest BCUT2D eigenvalue weighted by molar-refractivity contribution is 14.1. The maximum Gasteiger partial charge on any atom is 0.526 e. The molecule has 22 nitrogen and oxygen atoms in total. The molecule has 6 heterocycles. The summed E-state index contributed by atoms with van der Waals surface area (Å²) in [5.41, 5.74) is 10.2. The average molecular weight is 844 g/mol. The normalized spacial score (nSPS) is 29.5. The number of aromatic nitrogens is 8. The first-order valence-electron chi connectivity index (χ1n) is 13.7. The number of aliphatic hydroxyl groups excluding tert-OH is 1. The first kappa shape index (κ1) is 34.9. The highest BCUT2D eigenvalue weighted by Crippen LogP contribution is 2.50. The number of thiol groups is 1. The first-order chi connectivity index (χ1) is 22.5. The summed E-state index contributed by atoms with van der Waals surface area (Å²) in [5.74, 6) is -0.438. The van der Waals surface area contributed by atoms with E-state index in [-0.39, 0.29) is 49.5 Å². The van der Waals surface area contributed by atoms with Gasteiger partial charge in [0.1, 0.15) is 36.5 Å². The second-order valence-corrected chi connectivity index (χ2v) is 16.2. The van der Waals surface area contributed by atoms with Crippen molar-refractivity contribution in [1.82, 2.24) is 39.0 Å².